The van der Waals surface area contributed by atoms with Crippen LogP contribution in [-0.4, -0.2) is 47.8 Å². The van der Waals surface area contributed by atoms with E-state index in [1.807, 2.05) is 9.80 Å². The standard InChI is InChI=1S/C16H26N2O2/c19-15(12-13-4-1-2-5-13)17-8-10-18(11-9-17)16(20)14-6-3-7-14/h13-14H,1-12H2. The first kappa shape index (κ1) is 13.9. The van der Waals surface area contributed by atoms with E-state index >= 15 is 0 Å². The number of amides is 2. The molecular formula is C16H26N2O2. The van der Waals surface area contributed by atoms with E-state index in [4.69, 9.17) is 0 Å². The minimum absolute atomic E-state index is 0.288. The van der Waals surface area contributed by atoms with Crippen molar-refractivity contribution in [2.45, 2.75) is 51.4 Å². The van der Waals surface area contributed by atoms with Crippen molar-refractivity contribution in [3.8, 4) is 0 Å². The summed E-state index contributed by atoms with van der Waals surface area (Å²) in [5.41, 5.74) is 0. The van der Waals surface area contributed by atoms with Gasteiger partial charge in [0.1, 0.15) is 0 Å². The van der Waals surface area contributed by atoms with E-state index in [9.17, 15) is 9.59 Å². The number of nitrogens with zero attached hydrogens (tertiary/aromatic N) is 2. The van der Waals surface area contributed by atoms with Gasteiger partial charge in [-0.15, -0.1) is 0 Å². The molecule has 0 aromatic heterocycles. The third kappa shape index (κ3) is 2.99. The second-order valence-electron chi connectivity index (χ2n) is 6.69. The molecule has 0 unspecified atom stereocenters. The van der Waals surface area contributed by atoms with E-state index in [1.54, 1.807) is 0 Å². The summed E-state index contributed by atoms with van der Waals surface area (Å²) in [4.78, 5) is 28.4. The van der Waals surface area contributed by atoms with Crippen LogP contribution in [0.1, 0.15) is 51.4 Å². The fourth-order valence-electron chi connectivity index (χ4n) is 3.68. The van der Waals surface area contributed by atoms with Gasteiger partial charge in [0, 0.05) is 38.5 Å². The van der Waals surface area contributed by atoms with Gasteiger partial charge in [0.25, 0.3) is 0 Å². The average Bonchev–Trinajstić information content (AvgIpc) is 2.89. The summed E-state index contributed by atoms with van der Waals surface area (Å²) < 4.78 is 0. The highest BCUT2D eigenvalue weighted by molar-refractivity contribution is 5.80. The third-order valence-corrected chi connectivity index (χ3v) is 5.34. The topological polar surface area (TPSA) is 40.6 Å². The number of hydrogen-bond acceptors (Lipinski definition) is 2. The van der Waals surface area contributed by atoms with Crippen molar-refractivity contribution < 1.29 is 9.59 Å². The molecule has 0 aromatic carbocycles. The average molecular weight is 278 g/mol. The Morgan fingerprint density at radius 3 is 1.95 bits per heavy atom. The molecule has 1 saturated heterocycles. The van der Waals surface area contributed by atoms with Crippen molar-refractivity contribution in [1.29, 1.82) is 0 Å². The molecule has 0 bridgehead atoms. The molecule has 3 aliphatic rings. The maximum absolute atomic E-state index is 12.3. The molecule has 0 atom stereocenters. The number of carbonyl (C=O) groups excluding carboxylic acids is 2. The van der Waals surface area contributed by atoms with E-state index in [2.05, 4.69) is 0 Å². The highest BCUT2D eigenvalue weighted by atomic mass is 16.2. The minimum Gasteiger partial charge on any atom is -0.339 e. The summed E-state index contributed by atoms with van der Waals surface area (Å²) in [5.74, 6) is 1.56. The predicted molar refractivity (Wildman–Crippen MR) is 77.1 cm³/mol. The second kappa shape index (κ2) is 6.15. The summed E-state index contributed by atoms with van der Waals surface area (Å²) in [5, 5.41) is 0. The minimum atomic E-state index is 0.288. The summed E-state index contributed by atoms with van der Waals surface area (Å²) >= 11 is 0. The molecule has 3 fully saturated rings. The van der Waals surface area contributed by atoms with Crippen LogP contribution in [0.15, 0.2) is 0 Å². The monoisotopic (exact) mass is 278 g/mol. The Morgan fingerprint density at radius 1 is 0.800 bits per heavy atom. The van der Waals surface area contributed by atoms with Gasteiger partial charge in [-0.05, 0) is 31.6 Å². The maximum Gasteiger partial charge on any atom is 0.225 e. The number of hydrogen-bond donors (Lipinski definition) is 0. The molecule has 1 heterocycles. The molecule has 3 rings (SSSR count). The largest absolute Gasteiger partial charge is 0.339 e. The number of piperazine rings is 1. The van der Waals surface area contributed by atoms with Gasteiger partial charge in [-0.1, -0.05) is 19.3 Å². The van der Waals surface area contributed by atoms with Gasteiger partial charge in [-0.3, -0.25) is 9.59 Å². The van der Waals surface area contributed by atoms with Gasteiger partial charge >= 0.3 is 0 Å². The second-order valence-corrected chi connectivity index (χ2v) is 6.69. The molecule has 4 nitrogen and oxygen atoms in total. The van der Waals surface area contributed by atoms with Crippen LogP contribution < -0.4 is 0 Å². The molecule has 2 saturated carbocycles. The first-order valence-corrected chi connectivity index (χ1v) is 8.30. The first-order valence-electron chi connectivity index (χ1n) is 8.30. The highest BCUT2D eigenvalue weighted by Gasteiger charge is 2.32. The molecule has 2 amide bonds. The normalized spacial score (nSPS) is 24.8. The zero-order valence-electron chi connectivity index (χ0n) is 12.4. The van der Waals surface area contributed by atoms with Gasteiger partial charge in [0.05, 0.1) is 0 Å². The predicted octanol–water partition coefficient (Wildman–Crippen LogP) is 2.04. The maximum atomic E-state index is 12.3. The van der Waals surface area contributed by atoms with Crippen molar-refractivity contribution in [1.82, 2.24) is 9.80 Å². The molecule has 4 heteroatoms. The lowest BCUT2D eigenvalue weighted by molar-refractivity contribution is -0.144. The van der Waals surface area contributed by atoms with Crippen LogP contribution in [0.2, 0.25) is 0 Å². The van der Waals surface area contributed by atoms with Crippen molar-refractivity contribution >= 4 is 11.8 Å². The molecule has 0 N–H and O–H groups in total. The Bertz CT molecular complexity index is 365. The zero-order valence-corrected chi connectivity index (χ0v) is 12.4. The van der Waals surface area contributed by atoms with E-state index in [0.717, 1.165) is 45.4 Å². The van der Waals surface area contributed by atoms with Crippen LogP contribution in [0, 0.1) is 11.8 Å². The highest BCUT2D eigenvalue weighted by Crippen LogP contribution is 2.29. The Morgan fingerprint density at radius 2 is 1.40 bits per heavy atom. The lowest BCUT2D eigenvalue weighted by Gasteiger charge is -2.38. The lowest BCUT2D eigenvalue weighted by atomic mass is 9.84. The lowest BCUT2D eigenvalue weighted by Crippen LogP contribution is -2.52. The van der Waals surface area contributed by atoms with Gasteiger partial charge in [-0.25, -0.2) is 0 Å². The fraction of sp³-hybridized carbons (Fsp3) is 0.875. The summed E-state index contributed by atoms with van der Waals surface area (Å²) in [6.07, 6.45) is 9.12. The van der Waals surface area contributed by atoms with Crippen LogP contribution in [0.3, 0.4) is 0 Å². The van der Waals surface area contributed by atoms with E-state index < -0.39 is 0 Å². The number of carbonyl (C=O) groups is 2. The Kier molecular flexibility index (Phi) is 4.27. The molecule has 0 aromatic rings. The van der Waals surface area contributed by atoms with Gasteiger partial charge in [-0.2, -0.15) is 0 Å². The molecule has 2 aliphatic carbocycles. The molecule has 112 valence electrons. The van der Waals surface area contributed by atoms with Crippen LogP contribution in [-0.2, 0) is 9.59 Å². The van der Waals surface area contributed by atoms with Crippen molar-refractivity contribution in [3.05, 3.63) is 0 Å². The summed E-state index contributed by atoms with van der Waals surface area (Å²) in [6.45, 7) is 2.96. The molecular weight excluding hydrogens is 252 g/mol. The van der Waals surface area contributed by atoms with Crippen LogP contribution in [0.25, 0.3) is 0 Å². The van der Waals surface area contributed by atoms with E-state index in [1.165, 1.54) is 32.1 Å². The molecule has 20 heavy (non-hydrogen) atoms. The summed E-state index contributed by atoms with van der Waals surface area (Å²) in [6, 6.07) is 0. The molecule has 0 radical (unpaired) electrons. The van der Waals surface area contributed by atoms with Crippen molar-refractivity contribution in [2.75, 3.05) is 26.2 Å². The van der Waals surface area contributed by atoms with Crippen molar-refractivity contribution in [3.63, 3.8) is 0 Å². The van der Waals surface area contributed by atoms with E-state index in [0.29, 0.717) is 17.7 Å². The zero-order chi connectivity index (χ0) is 13.9. The van der Waals surface area contributed by atoms with Gasteiger partial charge in [0.15, 0.2) is 0 Å². The Balaban J connectivity index is 1.43. The van der Waals surface area contributed by atoms with Crippen LogP contribution in [0.5, 0.6) is 0 Å². The van der Waals surface area contributed by atoms with Crippen LogP contribution >= 0.6 is 0 Å². The summed E-state index contributed by atoms with van der Waals surface area (Å²) in [7, 11) is 0. The third-order valence-electron chi connectivity index (χ3n) is 5.34. The Hall–Kier alpha value is -1.06. The van der Waals surface area contributed by atoms with Gasteiger partial charge < -0.3 is 9.80 Å². The Labute approximate surface area is 121 Å². The molecule has 1 aliphatic heterocycles. The number of rotatable bonds is 3. The molecule has 0 spiro atoms. The van der Waals surface area contributed by atoms with Gasteiger partial charge in [0.2, 0.25) is 11.8 Å². The quantitative estimate of drug-likeness (QED) is 0.792. The van der Waals surface area contributed by atoms with E-state index in [-0.39, 0.29) is 5.92 Å². The SMILES string of the molecule is O=C(CC1CCCC1)N1CCN(C(=O)C2CCC2)CC1. The first-order chi connectivity index (χ1) is 9.74. The van der Waals surface area contributed by atoms with Crippen LogP contribution in [0.4, 0.5) is 0 Å². The van der Waals surface area contributed by atoms with Crippen molar-refractivity contribution in [2.24, 2.45) is 11.8 Å². The fourth-order valence-corrected chi connectivity index (χ4v) is 3.68. The smallest absolute Gasteiger partial charge is 0.225 e.